The smallest absolute Gasteiger partial charge is 0.193 e. The number of guanidine groups is 1. The lowest BCUT2D eigenvalue weighted by molar-refractivity contribution is -0.0721. The summed E-state index contributed by atoms with van der Waals surface area (Å²) in [6.07, 6.45) is 8.23. The fraction of sp³-hybridized carbons (Fsp3) is 0.750. The number of hydrogen-bond donors (Lipinski definition) is 1. The fourth-order valence-corrected chi connectivity index (χ4v) is 4.71. The van der Waals surface area contributed by atoms with E-state index in [0.29, 0.717) is 12.2 Å². The minimum absolute atomic E-state index is 0. The van der Waals surface area contributed by atoms with E-state index < -0.39 is 0 Å². The molecule has 1 aromatic rings. The topological polar surface area (TPSA) is 65.5 Å². The number of piperazine rings is 1. The normalized spacial score (nSPS) is 23.3. The standard InChI is InChI=1S/C24H40N6O2.HI/c1-25-24(30-10-7-21(8-11-30)32-19-22-5-3-4-16-31-22)27-18-20-6-9-26-23(17-20)29-14-12-28(2)13-15-29;/h6,9,17,21-22H,3-5,7-8,10-16,18-19H2,1-2H3,(H,25,27);1H. The molecule has 1 N–H and O–H groups in total. The highest BCUT2D eigenvalue weighted by Gasteiger charge is 2.24. The number of ether oxygens (including phenoxy) is 2. The third-order valence-electron chi connectivity index (χ3n) is 6.83. The van der Waals surface area contributed by atoms with Gasteiger partial charge in [-0.3, -0.25) is 4.99 Å². The number of halogens is 1. The van der Waals surface area contributed by atoms with Crippen LogP contribution in [0.1, 0.15) is 37.7 Å². The summed E-state index contributed by atoms with van der Waals surface area (Å²) < 4.78 is 12.0. The molecule has 0 bridgehead atoms. The number of likely N-dealkylation sites (N-methyl/N-ethyl adjacent to an activating group) is 1. The summed E-state index contributed by atoms with van der Waals surface area (Å²) in [5.41, 5.74) is 1.24. The van der Waals surface area contributed by atoms with Crippen molar-refractivity contribution in [1.29, 1.82) is 0 Å². The number of pyridine rings is 1. The molecule has 0 amide bonds. The van der Waals surface area contributed by atoms with Gasteiger partial charge in [-0.2, -0.15) is 0 Å². The second-order valence-corrected chi connectivity index (χ2v) is 9.22. The van der Waals surface area contributed by atoms with Crippen molar-refractivity contribution in [3.63, 3.8) is 0 Å². The molecule has 9 heteroatoms. The predicted octanol–water partition coefficient (Wildman–Crippen LogP) is 2.58. The Labute approximate surface area is 216 Å². The van der Waals surface area contributed by atoms with Crippen molar-refractivity contribution in [3.05, 3.63) is 23.9 Å². The van der Waals surface area contributed by atoms with Crippen LogP contribution in [0.15, 0.2) is 23.3 Å². The van der Waals surface area contributed by atoms with Gasteiger partial charge < -0.3 is 29.5 Å². The van der Waals surface area contributed by atoms with Gasteiger partial charge in [-0.15, -0.1) is 24.0 Å². The van der Waals surface area contributed by atoms with Gasteiger partial charge in [0, 0.05) is 65.7 Å². The van der Waals surface area contributed by atoms with Crippen LogP contribution < -0.4 is 10.2 Å². The van der Waals surface area contributed by atoms with E-state index in [-0.39, 0.29) is 24.0 Å². The Morgan fingerprint density at radius 2 is 1.94 bits per heavy atom. The molecule has 3 saturated heterocycles. The maximum atomic E-state index is 6.16. The number of rotatable bonds is 6. The third-order valence-corrected chi connectivity index (χ3v) is 6.83. The molecule has 1 aromatic heterocycles. The van der Waals surface area contributed by atoms with Crippen molar-refractivity contribution >= 4 is 35.8 Å². The molecule has 0 aliphatic carbocycles. The number of anilines is 1. The molecule has 3 fully saturated rings. The van der Waals surface area contributed by atoms with Crippen molar-refractivity contribution in [2.75, 3.05) is 71.5 Å². The number of likely N-dealkylation sites (tertiary alicyclic amines) is 1. The minimum atomic E-state index is 0. The predicted molar refractivity (Wildman–Crippen MR) is 144 cm³/mol. The largest absolute Gasteiger partial charge is 0.376 e. The van der Waals surface area contributed by atoms with Crippen molar-refractivity contribution in [1.82, 2.24) is 20.1 Å². The second-order valence-electron chi connectivity index (χ2n) is 9.22. The first-order valence-electron chi connectivity index (χ1n) is 12.3. The van der Waals surface area contributed by atoms with Crippen molar-refractivity contribution in [2.24, 2.45) is 4.99 Å². The Kier molecular flexibility index (Phi) is 10.9. The summed E-state index contributed by atoms with van der Waals surface area (Å²) >= 11 is 0. The van der Waals surface area contributed by atoms with Gasteiger partial charge in [0.05, 0.1) is 18.8 Å². The molecule has 3 aliphatic rings. The molecule has 8 nitrogen and oxygen atoms in total. The van der Waals surface area contributed by atoms with Gasteiger partial charge in [0.2, 0.25) is 0 Å². The molecule has 4 rings (SSSR count). The van der Waals surface area contributed by atoms with E-state index in [1.165, 1.54) is 18.4 Å². The van der Waals surface area contributed by atoms with Crippen LogP contribution in [0.4, 0.5) is 5.82 Å². The molecule has 3 aliphatic heterocycles. The van der Waals surface area contributed by atoms with Gasteiger partial charge >= 0.3 is 0 Å². The average molecular weight is 573 g/mol. The summed E-state index contributed by atoms with van der Waals surface area (Å²) in [4.78, 5) is 16.2. The number of hydrogen-bond acceptors (Lipinski definition) is 6. The molecule has 1 atom stereocenters. The Morgan fingerprint density at radius 1 is 1.15 bits per heavy atom. The molecule has 4 heterocycles. The Balaban J connectivity index is 0.00000306. The van der Waals surface area contributed by atoms with Crippen LogP contribution in [0.2, 0.25) is 0 Å². The van der Waals surface area contributed by atoms with E-state index in [9.17, 15) is 0 Å². The Morgan fingerprint density at radius 3 is 2.64 bits per heavy atom. The highest BCUT2D eigenvalue weighted by atomic mass is 127. The number of aromatic nitrogens is 1. The monoisotopic (exact) mass is 572 g/mol. The van der Waals surface area contributed by atoms with Crippen LogP contribution in [-0.2, 0) is 16.0 Å². The van der Waals surface area contributed by atoms with Gasteiger partial charge in [-0.1, -0.05) is 0 Å². The number of aliphatic imine (C=N–C) groups is 1. The SMILES string of the molecule is CN=C(NCc1ccnc(N2CCN(C)CC2)c1)N1CCC(OCC2CCCCO2)CC1.I. The van der Waals surface area contributed by atoms with Crippen molar-refractivity contribution in [3.8, 4) is 0 Å². The maximum absolute atomic E-state index is 6.16. The minimum Gasteiger partial charge on any atom is -0.376 e. The fourth-order valence-electron chi connectivity index (χ4n) is 4.71. The molecule has 0 spiro atoms. The van der Waals surface area contributed by atoms with Crippen molar-refractivity contribution < 1.29 is 9.47 Å². The van der Waals surface area contributed by atoms with E-state index in [2.05, 4.69) is 49.2 Å². The lowest BCUT2D eigenvalue weighted by atomic mass is 10.1. The van der Waals surface area contributed by atoms with Crippen LogP contribution in [0, 0.1) is 0 Å². The summed E-state index contributed by atoms with van der Waals surface area (Å²) in [7, 11) is 4.05. The van der Waals surface area contributed by atoms with E-state index >= 15 is 0 Å². The number of nitrogens with zero attached hydrogens (tertiary/aromatic N) is 5. The highest BCUT2D eigenvalue weighted by Crippen LogP contribution is 2.18. The number of nitrogens with one attached hydrogen (secondary N) is 1. The van der Waals surface area contributed by atoms with Crippen molar-refractivity contribution in [2.45, 2.75) is 50.9 Å². The van der Waals surface area contributed by atoms with Crippen LogP contribution >= 0.6 is 24.0 Å². The zero-order chi connectivity index (χ0) is 22.2. The zero-order valence-corrected chi connectivity index (χ0v) is 22.6. The first-order valence-corrected chi connectivity index (χ1v) is 12.3. The average Bonchev–Trinajstić information content (AvgIpc) is 2.85. The Hall–Kier alpha value is -1.17. The lowest BCUT2D eigenvalue weighted by Gasteiger charge is -2.35. The van der Waals surface area contributed by atoms with Gasteiger partial charge in [-0.25, -0.2) is 4.98 Å². The molecular formula is C24H41IN6O2. The first kappa shape index (κ1) is 26.4. The summed E-state index contributed by atoms with van der Waals surface area (Å²) in [5, 5.41) is 3.55. The summed E-state index contributed by atoms with van der Waals surface area (Å²) in [5.74, 6) is 2.05. The van der Waals surface area contributed by atoms with Gasteiger partial charge in [0.1, 0.15) is 5.82 Å². The van der Waals surface area contributed by atoms with Gasteiger partial charge in [0.15, 0.2) is 5.96 Å². The van der Waals surface area contributed by atoms with Crippen LogP contribution in [0.25, 0.3) is 0 Å². The lowest BCUT2D eigenvalue weighted by Crippen LogP contribution is -2.47. The molecule has 0 radical (unpaired) electrons. The van der Waals surface area contributed by atoms with Gasteiger partial charge in [0.25, 0.3) is 0 Å². The summed E-state index contributed by atoms with van der Waals surface area (Å²) in [6, 6.07) is 4.30. The summed E-state index contributed by atoms with van der Waals surface area (Å²) in [6.45, 7) is 8.58. The van der Waals surface area contributed by atoms with Crippen LogP contribution in [0.3, 0.4) is 0 Å². The second kappa shape index (κ2) is 13.7. The van der Waals surface area contributed by atoms with Gasteiger partial charge in [-0.05, 0) is 56.8 Å². The maximum Gasteiger partial charge on any atom is 0.193 e. The van der Waals surface area contributed by atoms with E-state index in [4.69, 9.17) is 9.47 Å². The molecule has 1 unspecified atom stereocenters. The number of piperidine rings is 1. The van der Waals surface area contributed by atoms with Crippen LogP contribution in [0.5, 0.6) is 0 Å². The Bertz CT molecular complexity index is 729. The zero-order valence-electron chi connectivity index (χ0n) is 20.2. The van der Waals surface area contributed by atoms with E-state index in [0.717, 1.165) is 90.1 Å². The van der Waals surface area contributed by atoms with E-state index in [1.807, 2.05) is 13.2 Å². The third kappa shape index (κ3) is 7.93. The van der Waals surface area contributed by atoms with E-state index in [1.54, 1.807) is 0 Å². The highest BCUT2D eigenvalue weighted by molar-refractivity contribution is 14.0. The van der Waals surface area contributed by atoms with Crippen LogP contribution in [-0.4, -0.2) is 99.5 Å². The first-order chi connectivity index (χ1) is 15.7. The molecule has 186 valence electrons. The molecule has 0 saturated carbocycles. The molecular weight excluding hydrogens is 531 g/mol. The quantitative estimate of drug-likeness (QED) is 0.320. The molecule has 0 aromatic carbocycles. The molecule has 33 heavy (non-hydrogen) atoms.